The van der Waals surface area contributed by atoms with Crippen molar-refractivity contribution < 1.29 is 9.53 Å². The zero-order valence-corrected chi connectivity index (χ0v) is 17.9. The molecule has 2 aliphatic rings. The van der Waals surface area contributed by atoms with Crippen LogP contribution in [0.2, 0.25) is 0 Å². The van der Waals surface area contributed by atoms with Crippen LogP contribution in [0.15, 0.2) is 35.9 Å². The molecule has 2 atom stereocenters. The first-order valence-electron chi connectivity index (χ1n) is 10.8. The van der Waals surface area contributed by atoms with Crippen molar-refractivity contribution in [2.45, 2.75) is 65.0 Å². The number of nitrogens with zero attached hydrogens (tertiary/aromatic N) is 1. The zero-order valence-electron chi connectivity index (χ0n) is 17.9. The van der Waals surface area contributed by atoms with Crippen molar-refractivity contribution >= 4 is 12.2 Å². The van der Waals surface area contributed by atoms with E-state index < -0.39 is 5.60 Å². The summed E-state index contributed by atoms with van der Waals surface area (Å²) in [7, 11) is 0. The summed E-state index contributed by atoms with van der Waals surface area (Å²) in [6, 6.07) is 11.3. The lowest BCUT2D eigenvalue weighted by Crippen LogP contribution is -2.43. The smallest absolute Gasteiger partial charge is 0.410 e. The molecular weight excluding hydrogens is 348 g/mol. The molecule has 154 valence electrons. The minimum Gasteiger partial charge on any atom is -0.444 e. The molecule has 1 saturated heterocycles. The van der Waals surface area contributed by atoms with Gasteiger partial charge in [0.05, 0.1) is 0 Å². The Morgan fingerprint density at radius 2 is 1.89 bits per heavy atom. The number of hydrogen-bond acceptors (Lipinski definition) is 3. The van der Waals surface area contributed by atoms with Crippen LogP contribution in [0.1, 0.15) is 58.9 Å². The molecule has 1 aromatic carbocycles. The topological polar surface area (TPSA) is 41.6 Å². The van der Waals surface area contributed by atoms with Crippen molar-refractivity contribution in [2.75, 3.05) is 19.6 Å². The van der Waals surface area contributed by atoms with E-state index in [1.807, 2.05) is 25.7 Å². The molecule has 1 aliphatic carbocycles. The molecule has 1 saturated carbocycles. The van der Waals surface area contributed by atoms with Crippen LogP contribution in [0.5, 0.6) is 0 Å². The number of piperidine rings is 1. The number of likely N-dealkylation sites (tertiary alicyclic amines) is 1. The Morgan fingerprint density at radius 3 is 2.50 bits per heavy atom. The zero-order chi connectivity index (χ0) is 20.1. The van der Waals surface area contributed by atoms with Gasteiger partial charge in [-0.3, -0.25) is 0 Å². The third-order valence-electron chi connectivity index (χ3n) is 5.76. The van der Waals surface area contributed by atoms with Gasteiger partial charge >= 0.3 is 6.09 Å². The normalized spacial score (nSPS) is 23.6. The van der Waals surface area contributed by atoms with Gasteiger partial charge in [0, 0.05) is 19.1 Å². The third kappa shape index (κ3) is 6.10. The first-order chi connectivity index (χ1) is 13.4. The van der Waals surface area contributed by atoms with Crippen molar-refractivity contribution in [1.29, 1.82) is 0 Å². The monoisotopic (exact) mass is 384 g/mol. The predicted octanol–water partition coefficient (Wildman–Crippen LogP) is 5.11. The van der Waals surface area contributed by atoms with Crippen molar-refractivity contribution in [1.82, 2.24) is 10.2 Å². The van der Waals surface area contributed by atoms with Crippen LogP contribution in [0, 0.1) is 11.8 Å². The average molecular weight is 385 g/mol. The molecule has 0 radical (unpaired) electrons. The highest BCUT2D eigenvalue weighted by Gasteiger charge is 2.39. The first-order valence-corrected chi connectivity index (χ1v) is 10.8. The summed E-state index contributed by atoms with van der Waals surface area (Å²) in [4.78, 5) is 14.0. The number of nitrogens with one attached hydrogen (secondary N) is 1. The molecule has 0 bridgehead atoms. The Morgan fingerprint density at radius 1 is 1.21 bits per heavy atom. The maximum atomic E-state index is 12.2. The van der Waals surface area contributed by atoms with Gasteiger partial charge in [-0.1, -0.05) is 48.9 Å². The standard InChI is InChI=1S/C24H36N2O2/c1-5-20(15-18-9-7-6-8-10-18)21-16-22(21)25-17-19-11-13-26(14-12-19)23(27)28-24(2,3)4/h6-10,15,19,21-22,25H,5,11-14,16-17H2,1-4H3/t21-,22+/m0/s1. The lowest BCUT2D eigenvalue weighted by molar-refractivity contribution is 0.0184. The Hall–Kier alpha value is -1.81. The van der Waals surface area contributed by atoms with Gasteiger partial charge < -0.3 is 15.0 Å². The van der Waals surface area contributed by atoms with Gasteiger partial charge in [0.2, 0.25) is 0 Å². The molecule has 1 amide bonds. The number of benzene rings is 1. The van der Waals surface area contributed by atoms with Gasteiger partial charge in [0.25, 0.3) is 0 Å². The van der Waals surface area contributed by atoms with Crippen LogP contribution >= 0.6 is 0 Å². The van der Waals surface area contributed by atoms with E-state index in [2.05, 4.69) is 48.6 Å². The van der Waals surface area contributed by atoms with E-state index in [-0.39, 0.29) is 6.09 Å². The van der Waals surface area contributed by atoms with E-state index in [0.29, 0.717) is 17.9 Å². The summed E-state index contributed by atoms with van der Waals surface area (Å²) in [6.07, 6.45) is 6.69. The molecule has 1 aromatic rings. The van der Waals surface area contributed by atoms with Crippen molar-refractivity contribution in [3.8, 4) is 0 Å². The SMILES string of the molecule is CCC(=Cc1ccccc1)[C@@H]1C[C@H]1NCC1CCN(C(=O)OC(C)(C)C)CC1. The Labute approximate surface area is 170 Å². The fraction of sp³-hybridized carbons (Fsp3) is 0.625. The van der Waals surface area contributed by atoms with Gasteiger partial charge in [-0.15, -0.1) is 0 Å². The van der Waals surface area contributed by atoms with Crippen LogP contribution in [-0.4, -0.2) is 42.3 Å². The predicted molar refractivity (Wildman–Crippen MR) is 115 cm³/mol. The second-order valence-electron chi connectivity index (χ2n) is 9.25. The van der Waals surface area contributed by atoms with Crippen molar-refractivity contribution in [3.63, 3.8) is 0 Å². The number of rotatable bonds is 6. The van der Waals surface area contributed by atoms with Gasteiger partial charge in [0.15, 0.2) is 0 Å². The molecule has 0 spiro atoms. The summed E-state index contributed by atoms with van der Waals surface area (Å²) >= 11 is 0. The molecule has 4 nitrogen and oxygen atoms in total. The van der Waals surface area contributed by atoms with E-state index in [1.54, 1.807) is 5.57 Å². The number of carbonyl (C=O) groups excluding carboxylic acids is 1. The third-order valence-corrected chi connectivity index (χ3v) is 5.76. The summed E-state index contributed by atoms with van der Waals surface area (Å²) in [6.45, 7) is 10.7. The van der Waals surface area contributed by atoms with Crippen LogP contribution in [0.4, 0.5) is 4.79 Å². The second kappa shape index (κ2) is 9.13. The van der Waals surface area contributed by atoms with Crippen molar-refractivity contribution in [2.24, 2.45) is 11.8 Å². The lowest BCUT2D eigenvalue weighted by Gasteiger charge is -2.33. The number of carbonyl (C=O) groups is 1. The average Bonchev–Trinajstić information content (AvgIpc) is 3.44. The summed E-state index contributed by atoms with van der Waals surface area (Å²) in [5, 5.41) is 3.78. The Bertz CT molecular complexity index is 670. The van der Waals surface area contributed by atoms with E-state index >= 15 is 0 Å². The molecule has 3 rings (SSSR count). The molecular formula is C24H36N2O2. The van der Waals surface area contributed by atoms with Crippen LogP contribution < -0.4 is 5.32 Å². The van der Waals surface area contributed by atoms with E-state index in [9.17, 15) is 4.79 Å². The maximum absolute atomic E-state index is 12.2. The highest BCUT2D eigenvalue weighted by atomic mass is 16.6. The fourth-order valence-electron chi connectivity index (χ4n) is 4.03. The lowest BCUT2D eigenvalue weighted by atomic mass is 9.97. The van der Waals surface area contributed by atoms with Crippen LogP contribution in [0.25, 0.3) is 6.08 Å². The Kier molecular flexibility index (Phi) is 6.82. The quantitative estimate of drug-likeness (QED) is 0.741. The highest BCUT2D eigenvalue weighted by molar-refractivity contribution is 5.68. The van der Waals surface area contributed by atoms with E-state index in [4.69, 9.17) is 4.74 Å². The molecule has 1 heterocycles. The number of ether oxygens (including phenoxy) is 1. The number of amides is 1. The minimum absolute atomic E-state index is 0.167. The van der Waals surface area contributed by atoms with Crippen LogP contribution in [0.3, 0.4) is 0 Å². The van der Waals surface area contributed by atoms with E-state index in [1.165, 1.54) is 12.0 Å². The molecule has 1 N–H and O–H groups in total. The molecule has 0 aromatic heterocycles. The van der Waals surface area contributed by atoms with Gasteiger partial charge in [0.1, 0.15) is 5.60 Å². The molecule has 1 aliphatic heterocycles. The molecule has 4 heteroatoms. The van der Waals surface area contributed by atoms with Gasteiger partial charge in [-0.25, -0.2) is 4.79 Å². The largest absolute Gasteiger partial charge is 0.444 e. The highest BCUT2D eigenvalue weighted by Crippen LogP contribution is 2.40. The summed E-state index contributed by atoms with van der Waals surface area (Å²) in [5.74, 6) is 1.34. The summed E-state index contributed by atoms with van der Waals surface area (Å²) in [5.41, 5.74) is 2.45. The van der Waals surface area contributed by atoms with Crippen molar-refractivity contribution in [3.05, 3.63) is 41.5 Å². The maximum Gasteiger partial charge on any atom is 0.410 e. The minimum atomic E-state index is -0.416. The van der Waals surface area contributed by atoms with Crippen LogP contribution in [-0.2, 0) is 4.74 Å². The molecule has 2 fully saturated rings. The summed E-state index contributed by atoms with van der Waals surface area (Å²) < 4.78 is 5.49. The number of hydrogen-bond donors (Lipinski definition) is 1. The van der Waals surface area contributed by atoms with Gasteiger partial charge in [-0.2, -0.15) is 0 Å². The fourth-order valence-corrected chi connectivity index (χ4v) is 4.03. The van der Waals surface area contributed by atoms with E-state index in [0.717, 1.165) is 38.9 Å². The molecule has 0 unspecified atom stereocenters. The first kappa shape index (κ1) is 20.9. The molecule has 28 heavy (non-hydrogen) atoms. The second-order valence-corrected chi connectivity index (χ2v) is 9.25. The van der Waals surface area contributed by atoms with Gasteiger partial charge in [-0.05, 0) is 70.4 Å². The Balaban J connectivity index is 1.40.